The van der Waals surface area contributed by atoms with Gasteiger partial charge in [-0.25, -0.2) is 12.7 Å². The molecule has 6 nitrogen and oxygen atoms in total. The first-order valence-electron chi connectivity index (χ1n) is 10.4. The first-order chi connectivity index (χ1) is 14.5. The molecule has 0 bridgehead atoms. The van der Waals surface area contributed by atoms with Gasteiger partial charge in [0.15, 0.2) is 0 Å². The van der Waals surface area contributed by atoms with E-state index in [0.717, 1.165) is 23.2 Å². The maximum absolute atomic E-state index is 12.7. The third-order valence-electron chi connectivity index (χ3n) is 5.43. The molecule has 1 heterocycles. The fourth-order valence-corrected chi connectivity index (χ4v) is 5.31. The standard InChI is InChI=1S/C23H30N2O4S/c1-29-18-20-9-5-11-22(17-20)24-23(26)21-12-14-25(15-13-21)30(27,28)16-6-10-19-7-3-2-4-8-19/h2-5,7-9,11,17,21H,6,10,12-16,18H2,1H3,(H,24,26). The molecule has 0 radical (unpaired) electrons. The van der Waals surface area contributed by atoms with Crippen molar-refractivity contribution in [2.75, 3.05) is 31.3 Å². The highest BCUT2D eigenvalue weighted by Crippen LogP contribution is 2.22. The molecule has 0 spiro atoms. The molecular weight excluding hydrogens is 400 g/mol. The summed E-state index contributed by atoms with van der Waals surface area (Å²) in [5.74, 6) is -0.0806. The highest BCUT2D eigenvalue weighted by Gasteiger charge is 2.30. The van der Waals surface area contributed by atoms with Crippen LogP contribution in [0.3, 0.4) is 0 Å². The summed E-state index contributed by atoms with van der Waals surface area (Å²) in [7, 11) is -1.65. The summed E-state index contributed by atoms with van der Waals surface area (Å²) in [6, 6.07) is 17.5. The minimum Gasteiger partial charge on any atom is -0.380 e. The second kappa shape index (κ2) is 10.7. The van der Waals surface area contributed by atoms with Gasteiger partial charge in [-0.3, -0.25) is 4.79 Å². The van der Waals surface area contributed by atoms with E-state index in [1.165, 1.54) is 0 Å². The number of sulfonamides is 1. The highest BCUT2D eigenvalue weighted by atomic mass is 32.2. The number of nitrogens with one attached hydrogen (secondary N) is 1. The quantitative estimate of drug-likeness (QED) is 0.661. The van der Waals surface area contributed by atoms with Crippen molar-refractivity contribution >= 4 is 21.6 Å². The number of nitrogens with zero attached hydrogens (tertiary/aromatic N) is 1. The number of hydrogen-bond donors (Lipinski definition) is 1. The van der Waals surface area contributed by atoms with Crippen molar-refractivity contribution in [2.24, 2.45) is 5.92 Å². The highest BCUT2D eigenvalue weighted by molar-refractivity contribution is 7.89. The van der Waals surface area contributed by atoms with Crippen LogP contribution in [-0.4, -0.2) is 44.6 Å². The van der Waals surface area contributed by atoms with Gasteiger partial charge in [0.2, 0.25) is 15.9 Å². The van der Waals surface area contributed by atoms with E-state index >= 15 is 0 Å². The lowest BCUT2D eigenvalue weighted by molar-refractivity contribution is -0.120. The first kappa shape index (κ1) is 22.5. The zero-order chi connectivity index (χ0) is 21.4. The van der Waals surface area contributed by atoms with E-state index < -0.39 is 10.0 Å². The molecule has 1 saturated heterocycles. The topological polar surface area (TPSA) is 75.7 Å². The number of hydrogen-bond acceptors (Lipinski definition) is 4. The third-order valence-corrected chi connectivity index (χ3v) is 7.39. The van der Waals surface area contributed by atoms with Crippen LogP contribution in [-0.2, 0) is 32.6 Å². The molecule has 1 N–H and O–H groups in total. The normalized spacial score (nSPS) is 15.8. The summed E-state index contributed by atoms with van der Waals surface area (Å²) in [6.45, 7) is 1.29. The number of amides is 1. The molecule has 3 rings (SSSR count). The predicted molar refractivity (Wildman–Crippen MR) is 119 cm³/mol. The number of benzene rings is 2. The second-order valence-electron chi connectivity index (χ2n) is 7.70. The van der Waals surface area contributed by atoms with Gasteiger partial charge in [0.25, 0.3) is 0 Å². The molecule has 1 aliphatic heterocycles. The number of carbonyl (C=O) groups is 1. The maximum Gasteiger partial charge on any atom is 0.227 e. The predicted octanol–water partition coefficient (Wildman–Crippen LogP) is 3.45. The Bertz CT molecular complexity index is 923. The summed E-state index contributed by atoms with van der Waals surface area (Å²) in [4.78, 5) is 12.6. The van der Waals surface area contributed by atoms with E-state index in [9.17, 15) is 13.2 Å². The van der Waals surface area contributed by atoms with Crippen molar-refractivity contribution in [3.05, 3.63) is 65.7 Å². The smallest absolute Gasteiger partial charge is 0.227 e. The van der Waals surface area contributed by atoms with Crippen LogP contribution < -0.4 is 5.32 Å². The average Bonchev–Trinajstić information content (AvgIpc) is 2.75. The SMILES string of the molecule is COCc1cccc(NC(=O)C2CCN(S(=O)(=O)CCCc3ccccc3)CC2)c1. The summed E-state index contributed by atoms with van der Waals surface area (Å²) >= 11 is 0. The summed E-state index contributed by atoms with van der Waals surface area (Å²) < 4.78 is 32.0. The molecule has 162 valence electrons. The van der Waals surface area contributed by atoms with Crippen molar-refractivity contribution in [3.63, 3.8) is 0 Å². The Labute approximate surface area is 179 Å². The number of methoxy groups -OCH3 is 1. The molecular formula is C23H30N2O4S. The first-order valence-corrected chi connectivity index (χ1v) is 12.0. The molecule has 2 aromatic carbocycles. The van der Waals surface area contributed by atoms with Gasteiger partial charge in [0.1, 0.15) is 0 Å². The molecule has 0 aliphatic carbocycles. The van der Waals surface area contributed by atoms with E-state index in [0.29, 0.717) is 39.0 Å². The molecule has 0 saturated carbocycles. The molecule has 0 unspecified atom stereocenters. The summed E-state index contributed by atoms with van der Waals surface area (Å²) in [5.41, 5.74) is 2.88. The molecule has 1 aliphatic rings. The zero-order valence-corrected chi connectivity index (χ0v) is 18.2. The van der Waals surface area contributed by atoms with Crippen molar-refractivity contribution < 1.29 is 17.9 Å². The van der Waals surface area contributed by atoms with Crippen LogP contribution in [0.15, 0.2) is 54.6 Å². The lowest BCUT2D eigenvalue weighted by Crippen LogP contribution is -2.42. The monoisotopic (exact) mass is 430 g/mol. The Hall–Kier alpha value is -2.22. The van der Waals surface area contributed by atoms with Crippen molar-refractivity contribution in [3.8, 4) is 0 Å². The van der Waals surface area contributed by atoms with Gasteiger partial charge in [0, 0.05) is 31.8 Å². The molecule has 0 atom stereocenters. The van der Waals surface area contributed by atoms with E-state index in [2.05, 4.69) is 5.32 Å². The molecule has 2 aromatic rings. The Morgan fingerprint density at radius 1 is 1.07 bits per heavy atom. The van der Waals surface area contributed by atoms with Crippen LogP contribution in [0.25, 0.3) is 0 Å². The van der Waals surface area contributed by atoms with Gasteiger partial charge in [0.05, 0.1) is 12.4 Å². The van der Waals surface area contributed by atoms with Gasteiger partial charge in [-0.2, -0.15) is 0 Å². The van der Waals surface area contributed by atoms with E-state index in [1.54, 1.807) is 11.4 Å². The fraction of sp³-hybridized carbons (Fsp3) is 0.435. The van der Waals surface area contributed by atoms with Crippen LogP contribution >= 0.6 is 0 Å². The fourth-order valence-electron chi connectivity index (χ4n) is 3.78. The van der Waals surface area contributed by atoms with Crippen LogP contribution in [0.5, 0.6) is 0 Å². The lowest BCUT2D eigenvalue weighted by Gasteiger charge is -2.30. The summed E-state index contributed by atoms with van der Waals surface area (Å²) in [5, 5.41) is 2.95. The maximum atomic E-state index is 12.7. The molecule has 30 heavy (non-hydrogen) atoms. The zero-order valence-electron chi connectivity index (χ0n) is 17.4. The molecule has 0 aromatic heterocycles. The minimum absolute atomic E-state index is 0.0503. The van der Waals surface area contributed by atoms with Crippen molar-refractivity contribution in [1.82, 2.24) is 4.31 Å². The minimum atomic E-state index is -3.29. The lowest BCUT2D eigenvalue weighted by atomic mass is 9.97. The number of ether oxygens (including phenoxy) is 1. The van der Waals surface area contributed by atoms with Crippen molar-refractivity contribution in [2.45, 2.75) is 32.3 Å². The van der Waals surface area contributed by atoms with Crippen LogP contribution in [0.4, 0.5) is 5.69 Å². The molecule has 7 heteroatoms. The number of piperidine rings is 1. The van der Waals surface area contributed by atoms with Crippen LogP contribution in [0, 0.1) is 5.92 Å². The van der Waals surface area contributed by atoms with Gasteiger partial charge in [-0.15, -0.1) is 0 Å². The van der Waals surface area contributed by atoms with E-state index in [1.807, 2.05) is 54.6 Å². The van der Waals surface area contributed by atoms with Gasteiger partial charge in [-0.05, 0) is 48.9 Å². The average molecular weight is 431 g/mol. The van der Waals surface area contributed by atoms with Crippen LogP contribution in [0.1, 0.15) is 30.4 Å². The Morgan fingerprint density at radius 2 is 1.77 bits per heavy atom. The molecule has 1 amide bonds. The van der Waals surface area contributed by atoms with Crippen LogP contribution in [0.2, 0.25) is 0 Å². The molecule has 1 fully saturated rings. The van der Waals surface area contributed by atoms with Gasteiger partial charge >= 0.3 is 0 Å². The largest absolute Gasteiger partial charge is 0.380 e. The number of carbonyl (C=O) groups excluding carboxylic acids is 1. The second-order valence-corrected chi connectivity index (χ2v) is 9.79. The number of rotatable bonds is 9. The Kier molecular flexibility index (Phi) is 8.01. The van der Waals surface area contributed by atoms with E-state index in [-0.39, 0.29) is 17.6 Å². The van der Waals surface area contributed by atoms with Gasteiger partial charge < -0.3 is 10.1 Å². The van der Waals surface area contributed by atoms with Gasteiger partial charge in [-0.1, -0.05) is 42.5 Å². The Morgan fingerprint density at radius 3 is 2.47 bits per heavy atom. The number of anilines is 1. The third kappa shape index (κ3) is 6.39. The Balaban J connectivity index is 1.46. The van der Waals surface area contributed by atoms with E-state index in [4.69, 9.17) is 4.74 Å². The number of aryl methyl sites for hydroxylation is 1. The summed E-state index contributed by atoms with van der Waals surface area (Å²) in [6.07, 6.45) is 2.44. The van der Waals surface area contributed by atoms with Crippen molar-refractivity contribution in [1.29, 1.82) is 0 Å².